The first kappa shape index (κ1) is 20.2. The lowest BCUT2D eigenvalue weighted by molar-refractivity contribution is -0.132. The highest BCUT2D eigenvalue weighted by molar-refractivity contribution is 5.88. The lowest BCUT2D eigenvalue weighted by atomic mass is 10.1. The summed E-state index contributed by atoms with van der Waals surface area (Å²) in [5, 5.41) is 0. The van der Waals surface area contributed by atoms with E-state index in [1.807, 2.05) is 75.4 Å². The number of ether oxygens (including phenoxy) is 4. The summed E-state index contributed by atoms with van der Waals surface area (Å²) in [6.45, 7) is 6.30. The number of hydrogen-bond acceptors (Lipinski definition) is 5. The molecule has 0 spiro atoms. The number of rotatable bonds is 6. The Morgan fingerprint density at radius 1 is 0.967 bits per heavy atom. The average molecular weight is 406 g/mol. The molecular weight excluding hydrogens is 380 g/mol. The third-order valence-electron chi connectivity index (χ3n) is 5.24. The first-order valence-corrected chi connectivity index (χ1v) is 10.2. The van der Waals surface area contributed by atoms with E-state index in [9.17, 15) is 4.79 Å². The molecular formula is C25H26O5. The maximum absolute atomic E-state index is 11.5. The van der Waals surface area contributed by atoms with Crippen LogP contribution in [0.25, 0.3) is 0 Å². The van der Waals surface area contributed by atoms with Crippen LogP contribution in [0.1, 0.15) is 24.5 Å². The Hall–Kier alpha value is -3.05. The largest absolute Gasteiger partial charge is 0.491 e. The van der Waals surface area contributed by atoms with Crippen molar-refractivity contribution in [1.29, 1.82) is 0 Å². The molecule has 0 unspecified atom stereocenters. The molecule has 2 aliphatic rings. The van der Waals surface area contributed by atoms with Crippen molar-refractivity contribution in [1.82, 2.24) is 0 Å². The van der Waals surface area contributed by atoms with Crippen LogP contribution < -0.4 is 9.47 Å². The van der Waals surface area contributed by atoms with E-state index >= 15 is 0 Å². The number of cyclic esters (lactones) is 1. The van der Waals surface area contributed by atoms with Gasteiger partial charge < -0.3 is 18.9 Å². The molecule has 0 radical (unpaired) electrons. The van der Waals surface area contributed by atoms with Gasteiger partial charge in [-0.1, -0.05) is 35.4 Å². The second kappa shape index (κ2) is 8.76. The van der Waals surface area contributed by atoms with Crippen molar-refractivity contribution in [3.63, 3.8) is 0 Å². The van der Waals surface area contributed by atoms with E-state index in [-0.39, 0.29) is 24.3 Å². The van der Waals surface area contributed by atoms with Crippen molar-refractivity contribution in [3.05, 3.63) is 83.1 Å². The number of hydrogen-bond donors (Lipinski definition) is 0. The molecule has 30 heavy (non-hydrogen) atoms. The van der Waals surface area contributed by atoms with Crippen molar-refractivity contribution in [2.24, 2.45) is 0 Å². The van der Waals surface area contributed by atoms with Gasteiger partial charge in [0, 0.05) is 12.5 Å². The van der Waals surface area contributed by atoms with E-state index in [0.717, 1.165) is 17.1 Å². The zero-order valence-corrected chi connectivity index (χ0v) is 17.5. The van der Waals surface area contributed by atoms with Gasteiger partial charge in [0.2, 0.25) is 0 Å². The number of aryl methyl sites for hydroxylation is 2. The van der Waals surface area contributed by atoms with Crippen molar-refractivity contribution >= 4 is 5.97 Å². The van der Waals surface area contributed by atoms with Crippen molar-refractivity contribution in [3.8, 4) is 11.5 Å². The Morgan fingerprint density at radius 3 is 2.20 bits per heavy atom. The lowest BCUT2D eigenvalue weighted by Crippen LogP contribution is -2.32. The minimum absolute atomic E-state index is 0.179. The predicted octanol–water partition coefficient (Wildman–Crippen LogP) is 4.67. The summed E-state index contributed by atoms with van der Waals surface area (Å²) < 4.78 is 23.7. The Balaban J connectivity index is 1.47. The maximum Gasteiger partial charge on any atom is 0.336 e. The molecule has 5 nitrogen and oxygen atoms in total. The molecule has 2 heterocycles. The molecule has 0 aromatic heterocycles. The third kappa shape index (κ3) is 4.92. The van der Waals surface area contributed by atoms with E-state index in [2.05, 4.69) is 0 Å². The van der Waals surface area contributed by atoms with Crippen LogP contribution >= 0.6 is 0 Å². The van der Waals surface area contributed by atoms with Gasteiger partial charge in [-0.3, -0.25) is 0 Å². The van der Waals surface area contributed by atoms with E-state index < -0.39 is 0 Å². The second-order valence-corrected chi connectivity index (χ2v) is 7.82. The quantitative estimate of drug-likeness (QED) is 0.653. The van der Waals surface area contributed by atoms with Gasteiger partial charge in [0.1, 0.15) is 36.1 Å². The van der Waals surface area contributed by atoms with Gasteiger partial charge in [-0.2, -0.15) is 0 Å². The summed E-state index contributed by atoms with van der Waals surface area (Å²) in [6.07, 6.45) is 3.32. The standard InChI is InChI=1S/C25H26O5/c1-16-4-8-19(9-5-16)27-15-24-23(28-20-10-6-17(2)7-11-20)14-21(29-24)13-22-18(3)12-25(26)30-22/h4-13,21,23-24H,14-15H2,1-3H3/b22-13-/t21-,23+,24-/m1/s1. The van der Waals surface area contributed by atoms with E-state index in [1.165, 1.54) is 17.2 Å². The minimum Gasteiger partial charge on any atom is -0.491 e. The lowest BCUT2D eigenvalue weighted by Gasteiger charge is -2.20. The number of carbonyl (C=O) groups is 1. The van der Waals surface area contributed by atoms with Gasteiger partial charge in [-0.15, -0.1) is 0 Å². The molecule has 3 atom stereocenters. The Bertz CT molecular complexity index is 956. The van der Waals surface area contributed by atoms with Crippen LogP contribution in [0.15, 0.2) is 72.0 Å². The molecule has 156 valence electrons. The fourth-order valence-electron chi connectivity index (χ4n) is 3.53. The molecule has 0 bridgehead atoms. The molecule has 0 aliphatic carbocycles. The monoisotopic (exact) mass is 406 g/mol. The first-order valence-electron chi connectivity index (χ1n) is 10.2. The zero-order chi connectivity index (χ0) is 21.1. The number of benzene rings is 2. The Labute approximate surface area is 176 Å². The fraction of sp³-hybridized carbons (Fsp3) is 0.320. The van der Waals surface area contributed by atoms with Crippen LogP contribution in [0, 0.1) is 13.8 Å². The van der Waals surface area contributed by atoms with Gasteiger partial charge in [-0.25, -0.2) is 4.79 Å². The highest BCUT2D eigenvalue weighted by Crippen LogP contribution is 2.30. The van der Waals surface area contributed by atoms with Crippen LogP contribution in [-0.2, 0) is 14.3 Å². The predicted molar refractivity (Wildman–Crippen MR) is 113 cm³/mol. The molecule has 0 saturated carbocycles. The van der Waals surface area contributed by atoms with Crippen molar-refractivity contribution in [2.45, 2.75) is 45.5 Å². The molecule has 0 amide bonds. The van der Waals surface area contributed by atoms with Crippen LogP contribution in [0.2, 0.25) is 0 Å². The summed E-state index contributed by atoms with van der Waals surface area (Å²) in [4.78, 5) is 11.5. The molecule has 1 fully saturated rings. The van der Waals surface area contributed by atoms with Gasteiger partial charge in [-0.05, 0) is 56.7 Å². The van der Waals surface area contributed by atoms with Crippen LogP contribution in [-0.4, -0.2) is 30.9 Å². The van der Waals surface area contributed by atoms with E-state index in [1.54, 1.807) is 0 Å². The maximum atomic E-state index is 11.5. The molecule has 0 N–H and O–H groups in total. The Morgan fingerprint density at radius 2 is 1.60 bits per heavy atom. The van der Waals surface area contributed by atoms with E-state index in [0.29, 0.717) is 18.8 Å². The molecule has 2 aliphatic heterocycles. The molecule has 5 heteroatoms. The summed E-state index contributed by atoms with van der Waals surface area (Å²) in [5.41, 5.74) is 3.16. The summed E-state index contributed by atoms with van der Waals surface area (Å²) in [7, 11) is 0. The normalized spacial score (nSPS) is 24.6. The zero-order valence-electron chi connectivity index (χ0n) is 17.5. The Kier molecular flexibility index (Phi) is 5.91. The fourth-order valence-corrected chi connectivity index (χ4v) is 3.53. The first-order chi connectivity index (χ1) is 14.5. The number of allylic oxidation sites excluding steroid dienone is 1. The smallest absolute Gasteiger partial charge is 0.336 e. The minimum atomic E-state index is -0.344. The van der Waals surface area contributed by atoms with Crippen LogP contribution in [0.4, 0.5) is 0 Å². The highest BCUT2D eigenvalue weighted by Gasteiger charge is 2.37. The average Bonchev–Trinajstić information content (AvgIpc) is 3.25. The number of carbonyl (C=O) groups excluding carboxylic acids is 1. The van der Waals surface area contributed by atoms with Crippen molar-refractivity contribution in [2.75, 3.05) is 6.61 Å². The number of esters is 1. The SMILES string of the molecule is CC1=CC(=O)O/C1=C\[C@@H]1C[C@H](Oc2ccc(C)cc2)[C@@H](COc2ccc(C)cc2)O1. The highest BCUT2D eigenvalue weighted by atomic mass is 16.6. The summed E-state index contributed by atoms with van der Waals surface area (Å²) in [6, 6.07) is 15.9. The van der Waals surface area contributed by atoms with Crippen LogP contribution in [0.3, 0.4) is 0 Å². The molecule has 4 rings (SSSR count). The topological polar surface area (TPSA) is 54.0 Å². The summed E-state index contributed by atoms with van der Waals surface area (Å²) >= 11 is 0. The van der Waals surface area contributed by atoms with Gasteiger partial charge in [0.25, 0.3) is 0 Å². The van der Waals surface area contributed by atoms with Gasteiger partial charge in [0.15, 0.2) is 0 Å². The second-order valence-electron chi connectivity index (χ2n) is 7.82. The molecule has 2 aromatic rings. The summed E-state index contributed by atoms with van der Waals surface area (Å²) in [5.74, 6) is 1.80. The third-order valence-corrected chi connectivity index (χ3v) is 5.24. The molecule has 2 aromatic carbocycles. The van der Waals surface area contributed by atoms with Crippen LogP contribution in [0.5, 0.6) is 11.5 Å². The van der Waals surface area contributed by atoms with Gasteiger partial charge >= 0.3 is 5.97 Å². The van der Waals surface area contributed by atoms with Crippen molar-refractivity contribution < 1.29 is 23.7 Å². The van der Waals surface area contributed by atoms with E-state index in [4.69, 9.17) is 18.9 Å². The van der Waals surface area contributed by atoms with Gasteiger partial charge in [0.05, 0.1) is 6.10 Å². The molecule has 1 saturated heterocycles.